The minimum absolute atomic E-state index is 0.205. The molecule has 3 rings (SSSR count). The Labute approximate surface area is 108 Å². The Morgan fingerprint density at radius 2 is 2.18 bits per heavy atom. The molecule has 0 saturated carbocycles. The monoisotopic (exact) mass is 297 g/mol. The summed E-state index contributed by atoms with van der Waals surface area (Å²) < 4.78 is 19.1. The fourth-order valence-electron chi connectivity index (χ4n) is 2.26. The van der Waals surface area contributed by atoms with Crippen molar-refractivity contribution in [3.8, 4) is 0 Å². The van der Waals surface area contributed by atoms with Crippen LogP contribution in [0.3, 0.4) is 0 Å². The minimum atomic E-state index is -0.205. The Balaban J connectivity index is 1.73. The fraction of sp³-hybridized carbons (Fsp3) is 0.385. The van der Waals surface area contributed by atoms with Gasteiger partial charge < -0.3 is 4.42 Å². The predicted molar refractivity (Wildman–Crippen MR) is 68.7 cm³/mol. The first-order chi connectivity index (χ1) is 8.24. The molecule has 0 spiro atoms. The second kappa shape index (κ2) is 4.42. The Hall–Kier alpha value is -0.870. The van der Waals surface area contributed by atoms with Gasteiger partial charge in [-0.3, -0.25) is 9.29 Å². The number of rotatable bonds is 3. The van der Waals surface area contributed by atoms with Gasteiger partial charge >= 0.3 is 0 Å². The number of alkyl halides is 1. The SMILES string of the molecule is FCC1CN(Cc2cc3ccc(Br)cc3o2)C1. The zero-order chi connectivity index (χ0) is 11.8. The van der Waals surface area contributed by atoms with E-state index in [1.54, 1.807) is 0 Å². The molecule has 0 amide bonds. The lowest BCUT2D eigenvalue weighted by atomic mass is 10.0. The highest BCUT2D eigenvalue weighted by molar-refractivity contribution is 9.10. The number of benzene rings is 1. The summed E-state index contributed by atoms with van der Waals surface area (Å²) in [5.41, 5.74) is 0.900. The molecule has 90 valence electrons. The number of furan rings is 1. The van der Waals surface area contributed by atoms with E-state index in [0.29, 0.717) is 0 Å². The van der Waals surface area contributed by atoms with E-state index in [-0.39, 0.29) is 12.6 Å². The highest BCUT2D eigenvalue weighted by Crippen LogP contribution is 2.26. The van der Waals surface area contributed by atoms with E-state index in [4.69, 9.17) is 4.42 Å². The van der Waals surface area contributed by atoms with Gasteiger partial charge in [-0.2, -0.15) is 0 Å². The summed E-state index contributed by atoms with van der Waals surface area (Å²) in [7, 11) is 0. The van der Waals surface area contributed by atoms with Crippen LogP contribution in [0.4, 0.5) is 4.39 Å². The van der Waals surface area contributed by atoms with Crippen molar-refractivity contribution in [3.63, 3.8) is 0 Å². The maximum atomic E-state index is 12.3. The summed E-state index contributed by atoms with van der Waals surface area (Å²) in [5.74, 6) is 1.18. The molecule has 0 aliphatic carbocycles. The molecule has 1 fully saturated rings. The van der Waals surface area contributed by atoms with Crippen LogP contribution in [0.25, 0.3) is 11.0 Å². The van der Waals surface area contributed by atoms with Gasteiger partial charge in [-0.1, -0.05) is 15.9 Å². The van der Waals surface area contributed by atoms with Gasteiger partial charge in [-0.05, 0) is 24.3 Å². The van der Waals surface area contributed by atoms with E-state index in [2.05, 4.69) is 26.9 Å². The van der Waals surface area contributed by atoms with E-state index in [9.17, 15) is 4.39 Å². The Kier molecular flexibility index (Phi) is 2.92. The third-order valence-electron chi connectivity index (χ3n) is 3.16. The van der Waals surface area contributed by atoms with Gasteiger partial charge in [-0.25, -0.2) is 0 Å². The zero-order valence-corrected chi connectivity index (χ0v) is 10.9. The molecule has 0 radical (unpaired) electrons. The highest BCUT2D eigenvalue weighted by atomic mass is 79.9. The molecule has 4 heteroatoms. The van der Waals surface area contributed by atoms with Gasteiger partial charge in [0, 0.05) is 28.9 Å². The first kappa shape index (κ1) is 11.2. The molecule has 17 heavy (non-hydrogen) atoms. The lowest BCUT2D eigenvalue weighted by molar-refractivity contribution is 0.0677. The van der Waals surface area contributed by atoms with Crippen molar-refractivity contribution in [1.29, 1.82) is 0 Å². The van der Waals surface area contributed by atoms with E-state index < -0.39 is 0 Å². The van der Waals surface area contributed by atoms with Crippen LogP contribution in [0.15, 0.2) is 33.2 Å². The molecule has 0 unspecified atom stereocenters. The van der Waals surface area contributed by atoms with Crippen LogP contribution < -0.4 is 0 Å². The van der Waals surface area contributed by atoms with Gasteiger partial charge in [0.1, 0.15) is 11.3 Å². The zero-order valence-electron chi connectivity index (χ0n) is 9.33. The van der Waals surface area contributed by atoms with Crippen LogP contribution >= 0.6 is 15.9 Å². The van der Waals surface area contributed by atoms with Gasteiger partial charge in [-0.15, -0.1) is 0 Å². The normalized spacial score (nSPS) is 17.5. The Bertz CT molecular complexity index is 533. The summed E-state index contributed by atoms with van der Waals surface area (Å²) in [5, 5.41) is 1.12. The maximum Gasteiger partial charge on any atom is 0.135 e. The molecule has 0 bridgehead atoms. The van der Waals surface area contributed by atoms with E-state index in [1.165, 1.54) is 0 Å². The van der Waals surface area contributed by atoms with Crippen molar-refractivity contribution in [2.75, 3.05) is 19.8 Å². The second-order valence-corrected chi connectivity index (χ2v) is 5.52. The van der Waals surface area contributed by atoms with Crippen LogP contribution in [0, 0.1) is 5.92 Å². The summed E-state index contributed by atoms with van der Waals surface area (Å²) in [6, 6.07) is 8.07. The molecule has 1 aromatic heterocycles. The van der Waals surface area contributed by atoms with Crippen molar-refractivity contribution in [1.82, 2.24) is 4.90 Å². The highest BCUT2D eigenvalue weighted by Gasteiger charge is 2.27. The standard InChI is InChI=1S/C13H13BrFNO/c14-11-2-1-10-3-12(17-13(10)4-11)8-16-6-9(5-15)7-16/h1-4,9H,5-8H2. The number of hydrogen-bond acceptors (Lipinski definition) is 2. The molecule has 2 nitrogen and oxygen atoms in total. The van der Waals surface area contributed by atoms with Crippen LogP contribution in [0.1, 0.15) is 5.76 Å². The molecule has 2 heterocycles. The molecule has 1 saturated heterocycles. The van der Waals surface area contributed by atoms with Crippen LogP contribution in [0.2, 0.25) is 0 Å². The average molecular weight is 298 g/mol. The Morgan fingerprint density at radius 3 is 2.94 bits per heavy atom. The first-order valence-electron chi connectivity index (χ1n) is 5.71. The summed E-state index contributed by atoms with van der Waals surface area (Å²) in [6.07, 6.45) is 0. The Morgan fingerprint density at radius 1 is 1.35 bits per heavy atom. The van der Waals surface area contributed by atoms with Gasteiger partial charge in [0.25, 0.3) is 0 Å². The molecule has 0 N–H and O–H groups in total. The summed E-state index contributed by atoms with van der Waals surface area (Å²) >= 11 is 3.42. The minimum Gasteiger partial charge on any atom is -0.460 e. The van der Waals surface area contributed by atoms with Crippen molar-refractivity contribution in [2.45, 2.75) is 6.54 Å². The molecule has 1 aliphatic heterocycles. The average Bonchev–Trinajstić information content (AvgIpc) is 2.64. The van der Waals surface area contributed by atoms with Crippen molar-refractivity contribution in [3.05, 3.63) is 34.5 Å². The van der Waals surface area contributed by atoms with Gasteiger partial charge in [0.15, 0.2) is 0 Å². The quantitative estimate of drug-likeness (QED) is 0.861. The summed E-state index contributed by atoms with van der Waals surface area (Å²) in [6.45, 7) is 2.26. The molecule has 0 atom stereocenters. The smallest absolute Gasteiger partial charge is 0.135 e. The third kappa shape index (κ3) is 2.24. The maximum absolute atomic E-state index is 12.3. The largest absolute Gasteiger partial charge is 0.460 e. The molecule has 1 aliphatic rings. The number of likely N-dealkylation sites (tertiary alicyclic amines) is 1. The van der Waals surface area contributed by atoms with Crippen LogP contribution in [0.5, 0.6) is 0 Å². The predicted octanol–water partition coefficient (Wildman–Crippen LogP) is 3.60. The number of fused-ring (bicyclic) bond motifs is 1. The topological polar surface area (TPSA) is 16.4 Å². The fourth-order valence-corrected chi connectivity index (χ4v) is 2.60. The van der Waals surface area contributed by atoms with Crippen LogP contribution in [-0.2, 0) is 6.54 Å². The van der Waals surface area contributed by atoms with Crippen LogP contribution in [-0.4, -0.2) is 24.7 Å². The second-order valence-electron chi connectivity index (χ2n) is 4.61. The molecular weight excluding hydrogens is 285 g/mol. The van der Waals surface area contributed by atoms with E-state index in [0.717, 1.165) is 40.8 Å². The van der Waals surface area contributed by atoms with Gasteiger partial charge in [0.2, 0.25) is 0 Å². The number of nitrogens with zero attached hydrogens (tertiary/aromatic N) is 1. The summed E-state index contributed by atoms with van der Waals surface area (Å²) in [4.78, 5) is 2.21. The van der Waals surface area contributed by atoms with Crippen molar-refractivity contribution < 1.29 is 8.81 Å². The molecule has 1 aromatic carbocycles. The van der Waals surface area contributed by atoms with Crippen molar-refractivity contribution in [2.24, 2.45) is 5.92 Å². The molecular formula is C13H13BrFNO. The number of halogens is 2. The van der Waals surface area contributed by atoms with E-state index >= 15 is 0 Å². The first-order valence-corrected chi connectivity index (χ1v) is 6.50. The van der Waals surface area contributed by atoms with Crippen molar-refractivity contribution >= 4 is 26.9 Å². The lowest BCUT2D eigenvalue weighted by Crippen LogP contribution is -2.46. The lowest BCUT2D eigenvalue weighted by Gasteiger charge is -2.36. The van der Waals surface area contributed by atoms with E-state index in [1.807, 2.05) is 18.2 Å². The van der Waals surface area contributed by atoms with Gasteiger partial charge in [0.05, 0.1) is 13.2 Å². The third-order valence-corrected chi connectivity index (χ3v) is 3.66. The number of hydrogen-bond donors (Lipinski definition) is 0. The molecule has 2 aromatic rings.